The van der Waals surface area contributed by atoms with Crippen molar-refractivity contribution in [2.24, 2.45) is 7.05 Å². The third kappa shape index (κ3) is 3.17. The molecule has 30 heavy (non-hydrogen) atoms. The Hall–Kier alpha value is -2.80. The second kappa shape index (κ2) is 7.16. The van der Waals surface area contributed by atoms with E-state index in [1.807, 2.05) is 49.1 Å². The predicted octanol–water partition coefficient (Wildman–Crippen LogP) is 4.76. The second-order valence-electron chi connectivity index (χ2n) is 7.97. The van der Waals surface area contributed by atoms with E-state index in [4.69, 9.17) is 4.42 Å². The van der Waals surface area contributed by atoms with Crippen molar-refractivity contribution >= 4 is 26.9 Å². The Morgan fingerprint density at radius 3 is 2.77 bits per heavy atom. The Balaban J connectivity index is 1.68. The van der Waals surface area contributed by atoms with Crippen molar-refractivity contribution in [1.29, 1.82) is 0 Å². The topological polar surface area (TPSA) is 51.9 Å². The molecule has 2 aromatic carbocycles. The minimum atomic E-state index is -0.772. The minimum absolute atomic E-state index is 0.0817. The van der Waals surface area contributed by atoms with Crippen LogP contribution in [0.1, 0.15) is 29.9 Å². The van der Waals surface area contributed by atoms with Crippen LogP contribution in [0.25, 0.3) is 27.8 Å². The zero-order chi connectivity index (χ0) is 21.0. The third-order valence-corrected chi connectivity index (χ3v) is 6.24. The van der Waals surface area contributed by atoms with Gasteiger partial charge in [0.1, 0.15) is 23.7 Å². The van der Waals surface area contributed by atoms with Gasteiger partial charge in [0.05, 0.1) is 18.0 Å². The standard InChI is InChI=1S/C23H20BrFN3O2/c1-13-5-16(24)9-19-22(29)20(10-30-23(13)19)14-3-4-21(28-12-27(2)11-26-28)18(8-14)15-6-17(25)7-15/h3-5,8-12,15,17H,6-7H2,1-2H3/q+1. The highest BCUT2D eigenvalue weighted by atomic mass is 79.9. The minimum Gasteiger partial charge on any atom is -0.463 e. The van der Waals surface area contributed by atoms with E-state index < -0.39 is 6.17 Å². The van der Waals surface area contributed by atoms with Gasteiger partial charge in [-0.15, -0.1) is 0 Å². The summed E-state index contributed by atoms with van der Waals surface area (Å²) < 4.78 is 23.9. The number of rotatable bonds is 3. The normalized spacial score (nSPS) is 18.5. The fourth-order valence-corrected chi connectivity index (χ4v) is 4.70. The first-order valence-corrected chi connectivity index (χ1v) is 10.6. The average Bonchev–Trinajstić information content (AvgIpc) is 3.12. The Kier molecular flexibility index (Phi) is 4.58. The highest BCUT2D eigenvalue weighted by Crippen LogP contribution is 2.42. The molecule has 0 aliphatic heterocycles. The molecule has 0 N–H and O–H groups in total. The van der Waals surface area contributed by atoms with E-state index in [2.05, 4.69) is 21.0 Å². The number of aryl methyl sites for hydroxylation is 2. The van der Waals surface area contributed by atoms with Crippen LogP contribution in [0.15, 0.2) is 62.9 Å². The first-order chi connectivity index (χ1) is 14.4. The van der Waals surface area contributed by atoms with Crippen LogP contribution in [0.4, 0.5) is 4.39 Å². The molecular formula is C23H20BrFN3O2+. The largest absolute Gasteiger partial charge is 0.463 e. The van der Waals surface area contributed by atoms with Crippen molar-refractivity contribution in [2.75, 3.05) is 0 Å². The highest BCUT2D eigenvalue weighted by molar-refractivity contribution is 9.10. The van der Waals surface area contributed by atoms with Gasteiger partial charge < -0.3 is 4.42 Å². The molecular weight excluding hydrogens is 449 g/mol. The third-order valence-electron chi connectivity index (χ3n) is 5.78. The van der Waals surface area contributed by atoms with Crippen molar-refractivity contribution in [1.82, 2.24) is 9.78 Å². The van der Waals surface area contributed by atoms with Gasteiger partial charge in [-0.2, -0.15) is 0 Å². The van der Waals surface area contributed by atoms with Crippen molar-refractivity contribution in [3.05, 3.63) is 75.1 Å². The Morgan fingerprint density at radius 2 is 2.07 bits per heavy atom. The van der Waals surface area contributed by atoms with E-state index in [-0.39, 0.29) is 11.3 Å². The SMILES string of the molecule is Cc1cc(Br)cc2c(=O)c(-c3ccc(-n4c[n+](C)cn4)c(C4CC(F)C4)c3)coc12. The highest BCUT2D eigenvalue weighted by Gasteiger charge is 2.33. The van der Waals surface area contributed by atoms with Gasteiger partial charge in [0, 0.05) is 9.57 Å². The summed E-state index contributed by atoms with van der Waals surface area (Å²) in [4.78, 5) is 13.2. The summed E-state index contributed by atoms with van der Waals surface area (Å²) in [7, 11) is 1.90. The molecule has 4 aromatic rings. The number of halogens is 2. The number of nitrogens with zero attached hydrogens (tertiary/aromatic N) is 3. The average molecular weight is 469 g/mol. The van der Waals surface area contributed by atoms with Crippen LogP contribution in [-0.2, 0) is 7.05 Å². The fraction of sp³-hybridized carbons (Fsp3) is 0.261. The van der Waals surface area contributed by atoms with Crippen molar-refractivity contribution < 1.29 is 13.4 Å². The summed E-state index contributed by atoms with van der Waals surface area (Å²) >= 11 is 3.46. The van der Waals surface area contributed by atoms with Gasteiger partial charge in [-0.1, -0.05) is 26.7 Å². The molecule has 0 spiro atoms. The van der Waals surface area contributed by atoms with Crippen molar-refractivity contribution in [3.8, 4) is 16.8 Å². The summed E-state index contributed by atoms with van der Waals surface area (Å²) in [6, 6.07) is 9.53. The second-order valence-corrected chi connectivity index (χ2v) is 8.89. The molecule has 152 valence electrons. The molecule has 0 atom stereocenters. The van der Waals surface area contributed by atoms with E-state index >= 15 is 0 Å². The number of alkyl halides is 1. The van der Waals surface area contributed by atoms with Crippen molar-refractivity contribution in [3.63, 3.8) is 0 Å². The summed E-state index contributed by atoms with van der Waals surface area (Å²) in [5.41, 5.74) is 4.56. The van der Waals surface area contributed by atoms with Gasteiger partial charge in [-0.3, -0.25) is 4.79 Å². The lowest BCUT2D eigenvalue weighted by molar-refractivity contribution is -0.672. The maximum Gasteiger partial charge on any atom is 0.265 e. The molecule has 0 unspecified atom stereocenters. The predicted molar refractivity (Wildman–Crippen MR) is 116 cm³/mol. The van der Waals surface area contributed by atoms with Crippen LogP contribution >= 0.6 is 15.9 Å². The molecule has 1 saturated carbocycles. The van der Waals surface area contributed by atoms with Gasteiger partial charge in [0.2, 0.25) is 11.8 Å². The van der Waals surface area contributed by atoms with Crippen LogP contribution in [-0.4, -0.2) is 16.0 Å². The summed E-state index contributed by atoms with van der Waals surface area (Å²) in [5.74, 6) is 0.105. The van der Waals surface area contributed by atoms with E-state index in [0.717, 1.165) is 26.9 Å². The first kappa shape index (κ1) is 19.2. The maximum absolute atomic E-state index is 13.6. The number of fused-ring (bicyclic) bond motifs is 1. The van der Waals surface area contributed by atoms with Gasteiger partial charge in [-0.05, 0) is 66.6 Å². The van der Waals surface area contributed by atoms with E-state index in [9.17, 15) is 9.18 Å². The lowest BCUT2D eigenvalue weighted by Crippen LogP contribution is -2.25. The van der Waals surface area contributed by atoms with E-state index in [1.165, 1.54) is 6.26 Å². The van der Waals surface area contributed by atoms with E-state index in [0.29, 0.717) is 29.4 Å². The van der Waals surface area contributed by atoms with Crippen LogP contribution in [0.3, 0.4) is 0 Å². The molecule has 1 aliphatic rings. The lowest BCUT2D eigenvalue weighted by atomic mass is 9.77. The zero-order valence-corrected chi connectivity index (χ0v) is 18.2. The van der Waals surface area contributed by atoms with E-state index in [1.54, 1.807) is 17.1 Å². The monoisotopic (exact) mass is 468 g/mol. The van der Waals surface area contributed by atoms with Gasteiger partial charge in [0.15, 0.2) is 0 Å². The first-order valence-electron chi connectivity index (χ1n) is 9.81. The molecule has 0 bridgehead atoms. The fourth-order valence-electron chi connectivity index (χ4n) is 4.12. The Morgan fingerprint density at radius 1 is 1.27 bits per heavy atom. The molecule has 5 nitrogen and oxygen atoms in total. The zero-order valence-electron chi connectivity index (χ0n) is 16.6. The maximum atomic E-state index is 13.6. The van der Waals surface area contributed by atoms with Gasteiger partial charge in [-0.25, -0.2) is 8.96 Å². The van der Waals surface area contributed by atoms with Crippen molar-refractivity contribution in [2.45, 2.75) is 31.9 Å². The van der Waals surface area contributed by atoms with Crippen LogP contribution < -0.4 is 10.00 Å². The quantitative estimate of drug-likeness (QED) is 0.407. The smallest absolute Gasteiger partial charge is 0.265 e. The molecule has 5 rings (SSSR count). The number of hydrogen-bond acceptors (Lipinski definition) is 3. The van der Waals surface area contributed by atoms with Crippen LogP contribution in [0.2, 0.25) is 0 Å². The van der Waals surface area contributed by atoms with Crippen LogP contribution in [0.5, 0.6) is 0 Å². The lowest BCUT2D eigenvalue weighted by Gasteiger charge is -2.30. The number of hydrogen-bond donors (Lipinski definition) is 0. The Labute approximate surface area is 180 Å². The molecule has 0 amide bonds. The molecule has 2 heterocycles. The number of aromatic nitrogens is 3. The molecule has 0 saturated heterocycles. The molecule has 7 heteroatoms. The Bertz CT molecular complexity index is 1340. The molecule has 1 aliphatic carbocycles. The van der Waals surface area contributed by atoms with Crippen LogP contribution in [0, 0.1) is 6.92 Å². The molecule has 2 aromatic heterocycles. The number of benzene rings is 2. The molecule has 0 radical (unpaired) electrons. The summed E-state index contributed by atoms with van der Waals surface area (Å²) in [5, 5.41) is 4.93. The summed E-state index contributed by atoms with van der Waals surface area (Å²) in [6.07, 6.45) is 5.32. The van der Waals surface area contributed by atoms with Gasteiger partial charge in [0.25, 0.3) is 6.33 Å². The van der Waals surface area contributed by atoms with Gasteiger partial charge >= 0.3 is 0 Å². The molecule has 1 fully saturated rings. The summed E-state index contributed by atoms with van der Waals surface area (Å²) in [6.45, 7) is 1.91.